The number of aliphatic hydroxyl groups is 1. The van der Waals surface area contributed by atoms with E-state index in [0.717, 1.165) is 44.1 Å². The Labute approximate surface area is 203 Å². The highest BCUT2D eigenvalue weighted by Gasteiger charge is 2.71. The number of carbonyl (C=O) groups is 2. The molecule has 5 rings (SSSR count). The van der Waals surface area contributed by atoms with Crippen molar-refractivity contribution in [3.8, 4) is 0 Å². The van der Waals surface area contributed by atoms with Crippen LogP contribution < -0.4 is 0 Å². The van der Waals surface area contributed by atoms with Crippen LogP contribution in [0.5, 0.6) is 0 Å². The van der Waals surface area contributed by atoms with Gasteiger partial charge in [-0.15, -0.1) is 0 Å². The number of unbranched alkanes of at least 4 members (excludes halogenated alkanes) is 2. The number of rotatable bonds is 5. The van der Waals surface area contributed by atoms with E-state index in [2.05, 4.69) is 20.8 Å². The number of Topliss-reactive ketones (excluding diaryl/α,β-unsaturated/α-hetero) is 1. The monoisotopic (exact) mass is 472 g/mol. The molecule has 1 aliphatic heterocycles. The molecule has 188 valence electrons. The van der Waals surface area contributed by atoms with Gasteiger partial charge in [-0.2, -0.15) is 0 Å². The minimum Gasteiger partial charge on any atom is -0.393 e. The van der Waals surface area contributed by atoms with Gasteiger partial charge >= 0.3 is 0 Å². The number of ether oxygens (including phenoxy) is 3. The summed E-state index contributed by atoms with van der Waals surface area (Å²) in [7, 11) is 1.60. The first-order valence-corrected chi connectivity index (χ1v) is 13.2. The fraction of sp³-hybridized carbons (Fsp3) is 0.786. The van der Waals surface area contributed by atoms with E-state index in [-0.39, 0.29) is 41.3 Å². The molecule has 1 spiro atoms. The summed E-state index contributed by atoms with van der Waals surface area (Å²) < 4.78 is 18.4. The van der Waals surface area contributed by atoms with Crippen molar-refractivity contribution in [3.05, 3.63) is 23.8 Å². The van der Waals surface area contributed by atoms with Gasteiger partial charge in [0.05, 0.1) is 6.10 Å². The summed E-state index contributed by atoms with van der Waals surface area (Å²) in [4.78, 5) is 25.6. The van der Waals surface area contributed by atoms with Crippen molar-refractivity contribution in [1.82, 2.24) is 0 Å². The average molecular weight is 473 g/mol. The highest BCUT2D eigenvalue weighted by molar-refractivity contribution is 6.01. The molecule has 0 aromatic carbocycles. The zero-order chi connectivity index (χ0) is 24.4. The Balaban J connectivity index is 1.49. The number of allylic oxidation sites excluding steroid dienone is 4. The van der Waals surface area contributed by atoms with E-state index in [4.69, 9.17) is 14.2 Å². The number of aliphatic hydroxyl groups excluding tert-OH is 1. The molecule has 0 amide bonds. The zero-order valence-corrected chi connectivity index (χ0v) is 21.1. The van der Waals surface area contributed by atoms with Crippen molar-refractivity contribution in [1.29, 1.82) is 0 Å². The predicted octanol–water partition coefficient (Wildman–Crippen LogP) is 4.50. The second-order valence-corrected chi connectivity index (χ2v) is 11.7. The van der Waals surface area contributed by atoms with Gasteiger partial charge in [-0.1, -0.05) is 45.3 Å². The molecule has 3 saturated carbocycles. The zero-order valence-electron chi connectivity index (χ0n) is 21.1. The summed E-state index contributed by atoms with van der Waals surface area (Å²) in [6, 6.07) is 0. The van der Waals surface area contributed by atoms with E-state index in [0.29, 0.717) is 19.3 Å². The number of carbonyl (C=O) groups excluding carboxylic acids is 2. The van der Waals surface area contributed by atoms with Crippen LogP contribution in [-0.2, 0) is 23.8 Å². The van der Waals surface area contributed by atoms with Crippen LogP contribution in [0.4, 0.5) is 0 Å². The van der Waals surface area contributed by atoms with Crippen molar-refractivity contribution >= 4 is 11.6 Å². The maximum absolute atomic E-state index is 13.6. The summed E-state index contributed by atoms with van der Waals surface area (Å²) in [6.07, 6.45) is 12.3. The number of methoxy groups -OCH3 is 1. The molecule has 0 aromatic rings. The van der Waals surface area contributed by atoms with Crippen LogP contribution in [0.15, 0.2) is 23.8 Å². The molecule has 4 aliphatic carbocycles. The average Bonchev–Trinajstić information content (AvgIpc) is 3.09. The van der Waals surface area contributed by atoms with Crippen LogP contribution in [-0.4, -0.2) is 48.1 Å². The summed E-state index contributed by atoms with van der Waals surface area (Å²) in [5.41, 5.74) is -0.664. The Morgan fingerprint density at radius 2 is 2.00 bits per heavy atom. The first-order chi connectivity index (χ1) is 16.1. The molecule has 1 N–H and O–H groups in total. The van der Waals surface area contributed by atoms with Crippen molar-refractivity contribution < 1.29 is 28.9 Å². The van der Waals surface area contributed by atoms with Crippen molar-refractivity contribution in [2.45, 2.75) is 96.2 Å². The molecule has 1 unspecified atom stereocenters. The van der Waals surface area contributed by atoms with Gasteiger partial charge in [-0.25, -0.2) is 0 Å². The molecular formula is C28H40O6. The van der Waals surface area contributed by atoms with Crippen LogP contribution in [0.25, 0.3) is 0 Å². The second kappa shape index (κ2) is 8.36. The highest BCUT2D eigenvalue weighted by Crippen LogP contribution is 2.68. The van der Waals surface area contributed by atoms with E-state index in [1.807, 2.05) is 6.08 Å². The quantitative estimate of drug-likeness (QED) is 0.594. The van der Waals surface area contributed by atoms with Gasteiger partial charge in [0.15, 0.2) is 11.6 Å². The van der Waals surface area contributed by atoms with Crippen molar-refractivity contribution in [2.24, 2.45) is 28.6 Å². The SMILES string of the molecule is CCCCCC1(OC)OCC(=O)[C@]2(CC[C@H]3[C@@H]4CCC5=CC(=O)C=C[C@]5(C)[C@H]4[C@@H](O)C[C@@]32C)O1. The van der Waals surface area contributed by atoms with Crippen molar-refractivity contribution in [2.75, 3.05) is 13.7 Å². The molecule has 6 heteroatoms. The summed E-state index contributed by atoms with van der Waals surface area (Å²) in [5, 5.41) is 11.7. The molecular weight excluding hydrogens is 432 g/mol. The molecule has 6 nitrogen and oxygen atoms in total. The fourth-order valence-electron chi connectivity index (χ4n) is 8.50. The summed E-state index contributed by atoms with van der Waals surface area (Å²) in [6.45, 7) is 6.48. The molecule has 8 atom stereocenters. The third-order valence-electron chi connectivity index (χ3n) is 10.2. The largest absolute Gasteiger partial charge is 0.393 e. The van der Waals surface area contributed by atoms with Gasteiger partial charge < -0.3 is 19.3 Å². The predicted molar refractivity (Wildman–Crippen MR) is 127 cm³/mol. The minimum absolute atomic E-state index is 0.0120. The van der Waals surface area contributed by atoms with E-state index in [9.17, 15) is 14.7 Å². The van der Waals surface area contributed by atoms with E-state index in [1.54, 1.807) is 19.3 Å². The van der Waals surface area contributed by atoms with Gasteiger partial charge in [0, 0.05) is 30.3 Å². The molecule has 0 bridgehead atoms. The lowest BCUT2D eigenvalue weighted by molar-refractivity contribution is -0.426. The van der Waals surface area contributed by atoms with Crippen LogP contribution in [0.3, 0.4) is 0 Å². The summed E-state index contributed by atoms with van der Waals surface area (Å²) in [5.74, 6) is -0.610. The molecule has 5 aliphatic rings. The lowest BCUT2D eigenvalue weighted by Gasteiger charge is -2.61. The molecule has 4 fully saturated rings. The Kier molecular flexibility index (Phi) is 5.99. The van der Waals surface area contributed by atoms with Crippen molar-refractivity contribution in [3.63, 3.8) is 0 Å². The summed E-state index contributed by atoms with van der Waals surface area (Å²) >= 11 is 0. The Morgan fingerprint density at radius 1 is 1.21 bits per heavy atom. The van der Waals surface area contributed by atoms with Gasteiger partial charge in [0.1, 0.15) is 12.2 Å². The van der Waals surface area contributed by atoms with E-state index < -0.39 is 23.1 Å². The lowest BCUT2D eigenvalue weighted by atomic mass is 9.46. The Hall–Kier alpha value is -1.34. The highest BCUT2D eigenvalue weighted by atomic mass is 16.9. The number of ketones is 2. The molecule has 34 heavy (non-hydrogen) atoms. The van der Waals surface area contributed by atoms with Gasteiger partial charge in [0.25, 0.3) is 5.97 Å². The number of hydrogen-bond donors (Lipinski definition) is 1. The van der Waals surface area contributed by atoms with E-state index >= 15 is 0 Å². The molecule has 0 aromatic heterocycles. The van der Waals surface area contributed by atoms with Crippen LogP contribution in [0.1, 0.15) is 78.6 Å². The maximum Gasteiger partial charge on any atom is 0.284 e. The van der Waals surface area contributed by atoms with Crippen LogP contribution >= 0.6 is 0 Å². The van der Waals surface area contributed by atoms with Gasteiger partial charge in [-0.3, -0.25) is 9.59 Å². The fourth-order valence-corrected chi connectivity index (χ4v) is 8.50. The first kappa shape index (κ1) is 24.4. The third-order valence-corrected chi connectivity index (χ3v) is 10.2. The van der Waals surface area contributed by atoms with Gasteiger partial charge in [-0.05, 0) is 62.5 Å². The standard InChI is InChI=1S/C28H40O6/c1-5-6-7-12-28(32-4)33-17-23(31)27(34-28)14-11-21-20-9-8-18-15-19(29)10-13-25(18,2)24(20)22(30)16-26(21,27)3/h10,13,15,20-22,24,30H,5-9,11-12,14,16-17H2,1-4H3/t20-,21-,22-,24+,25-,26-,27-,28?/m0/s1. The normalized spacial score (nSPS) is 47.9. The number of hydrogen-bond acceptors (Lipinski definition) is 6. The van der Waals surface area contributed by atoms with Crippen LogP contribution in [0.2, 0.25) is 0 Å². The lowest BCUT2D eigenvalue weighted by Crippen LogP contribution is -2.67. The maximum atomic E-state index is 13.6. The van der Waals surface area contributed by atoms with Crippen LogP contribution in [0, 0.1) is 28.6 Å². The Bertz CT molecular complexity index is 924. The Morgan fingerprint density at radius 3 is 2.74 bits per heavy atom. The van der Waals surface area contributed by atoms with Gasteiger partial charge in [0.2, 0.25) is 0 Å². The first-order valence-electron chi connectivity index (χ1n) is 13.2. The number of fused-ring (bicyclic) bond motifs is 6. The minimum atomic E-state index is -1.20. The molecule has 1 heterocycles. The molecule has 0 radical (unpaired) electrons. The topological polar surface area (TPSA) is 82.1 Å². The molecule has 1 saturated heterocycles. The third kappa shape index (κ3) is 3.28. The smallest absolute Gasteiger partial charge is 0.284 e. The van der Waals surface area contributed by atoms with E-state index in [1.165, 1.54) is 0 Å². The second-order valence-electron chi connectivity index (χ2n) is 11.7.